The van der Waals surface area contributed by atoms with Gasteiger partial charge in [0.25, 0.3) is 10.1 Å². The van der Waals surface area contributed by atoms with E-state index in [4.69, 9.17) is 15.4 Å². The van der Waals surface area contributed by atoms with Crippen LogP contribution in [-0.4, -0.2) is 48.9 Å². The largest absolute Gasteiger partial charge is 0.480 e. The molecule has 0 radical (unpaired) electrons. The zero-order valence-corrected chi connectivity index (χ0v) is 8.33. The minimum atomic E-state index is -4.52. The van der Waals surface area contributed by atoms with Gasteiger partial charge in [-0.05, 0) is 13.0 Å². The predicted molar refractivity (Wildman–Crippen MR) is 49.5 cm³/mol. The van der Waals surface area contributed by atoms with Gasteiger partial charge in [-0.2, -0.15) is 8.42 Å². The van der Waals surface area contributed by atoms with E-state index >= 15 is 0 Å². The lowest BCUT2D eigenvalue weighted by atomic mass is 10.3. The van der Waals surface area contributed by atoms with Crippen LogP contribution in [0.15, 0.2) is 0 Å². The van der Waals surface area contributed by atoms with Crippen LogP contribution in [0.2, 0.25) is 0 Å². The Morgan fingerprint density at radius 1 is 1.43 bits per heavy atom. The highest BCUT2D eigenvalue weighted by Crippen LogP contribution is 2.03. The summed E-state index contributed by atoms with van der Waals surface area (Å²) in [5.74, 6) is -1.55. The van der Waals surface area contributed by atoms with Crippen LogP contribution in [0.1, 0.15) is 6.42 Å². The van der Waals surface area contributed by atoms with Gasteiger partial charge >= 0.3 is 5.97 Å². The number of carboxylic acid groups (broad SMARTS) is 1. The van der Waals surface area contributed by atoms with E-state index in [0.29, 0.717) is 13.1 Å². The Bertz CT molecular complexity index is 276. The molecule has 0 bridgehead atoms. The smallest absolute Gasteiger partial charge is 0.324 e. The first-order chi connectivity index (χ1) is 6.39. The third-order valence-electron chi connectivity index (χ3n) is 1.54. The number of hydrogen-bond acceptors (Lipinski definition) is 5. The van der Waals surface area contributed by atoms with E-state index in [1.807, 2.05) is 0 Å². The van der Waals surface area contributed by atoms with Gasteiger partial charge in [-0.1, -0.05) is 0 Å². The third-order valence-corrected chi connectivity index (χ3v) is 2.70. The van der Waals surface area contributed by atoms with Gasteiger partial charge in [-0.15, -0.1) is 0 Å². The second-order valence-corrected chi connectivity index (χ2v) is 4.27. The molecule has 0 rings (SSSR count). The zero-order valence-electron chi connectivity index (χ0n) is 7.51. The predicted octanol–water partition coefficient (Wildman–Crippen LogP) is -1.73. The van der Waals surface area contributed by atoms with Crippen molar-refractivity contribution in [1.82, 2.24) is 5.32 Å². The average Bonchev–Trinajstić information content (AvgIpc) is 2.01. The first-order valence-corrected chi connectivity index (χ1v) is 5.49. The van der Waals surface area contributed by atoms with Gasteiger partial charge < -0.3 is 16.2 Å². The molecule has 0 amide bonds. The highest BCUT2D eigenvalue weighted by Gasteiger charge is 2.29. The van der Waals surface area contributed by atoms with Crippen LogP contribution in [0.25, 0.3) is 0 Å². The van der Waals surface area contributed by atoms with Crippen LogP contribution in [0, 0.1) is 0 Å². The molecule has 1 atom stereocenters. The van der Waals surface area contributed by atoms with Crippen molar-refractivity contribution in [1.29, 1.82) is 0 Å². The van der Waals surface area contributed by atoms with E-state index in [1.54, 1.807) is 0 Å². The maximum absolute atomic E-state index is 10.6. The quantitative estimate of drug-likeness (QED) is 0.299. The molecule has 0 saturated heterocycles. The Morgan fingerprint density at radius 3 is 2.36 bits per heavy atom. The number of nitrogens with one attached hydrogen (secondary N) is 1. The van der Waals surface area contributed by atoms with Crippen LogP contribution < -0.4 is 11.1 Å². The molecule has 8 heteroatoms. The summed E-state index contributed by atoms with van der Waals surface area (Å²) < 4.78 is 29.7. The normalized spacial score (nSPS) is 13.9. The number of carboxylic acids is 1. The van der Waals surface area contributed by atoms with Crippen LogP contribution in [0.5, 0.6) is 0 Å². The summed E-state index contributed by atoms with van der Waals surface area (Å²) in [5.41, 5.74) is 5.14. The summed E-state index contributed by atoms with van der Waals surface area (Å²) >= 11 is 0. The molecule has 0 aromatic heterocycles. The van der Waals surface area contributed by atoms with Crippen molar-refractivity contribution in [3.63, 3.8) is 0 Å². The van der Waals surface area contributed by atoms with Crippen LogP contribution in [0.4, 0.5) is 0 Å². The van der Waals surface area contributed by atoms with Crippen molar-refractivity contribution < 1.29 is 22.9 Å². The van der Waals surface area contributed by atoms with Crippen LogP contribution >= 0.6 is 0 Å². The Hall–Kier alpha value is -0.700. The topological polar surface area (TPSA) is 130 Å². The van der Waals surface area contributed by atoms with Crippen LogP contribution in [-0.2, 0) is 14.9 Å². The average molecular weight is 226 g/mol. The fourth-order valence-corrected chi connectivity index (χ4v) is 1.53. The number of nitrogens with two attached hydrogens (primary N) is 1. The van der Waals surface area contributed by atoms with Crippen LogP contribution in [0.3, 0.4) is 0 Å². The Balaban J connectivity index is 4.07. The Kier molecular flexibility index (Phi) is 5.62. The standard InChI is InChI=1S/C6H14N2O5S/c7-2-4-8-3-1-5(6(9)10)14(11,12)13/h5,8H,1-4,7H2,(H,9,10)(H,11,12,13). The second-order valence-electron chi connectivity index (χ2n) is 2.67. The van der Waals surface area contributed by atoms with Crippen molar-refractivity contribution >= 4 is 16.1 Å². The molecule has 0 aliphatic heterocycles. The summed E-state index contributed by atoms with van der Waals surface area (Å²) in [4.78, 5) is 10.4. The fourth-order valence-electron chi connectivity index (χ4n) is 0.860. The number of rotatable bonds is 7. The molecular formula is C6H14N2O5S. The lowest BCUT2D eigenvalue weighted by molar-refractivity contribution is -0.136. The monoisotopic (exact) mass is 226 g/mol. The first kappa shape index (κ1) is 13.3. The maximum atomic E-state index is 10.6. The number of hydrogen-bond donors (Lipinski definition) is 4. The lowest BCUT2D eigenvalue weighted by Gasteiger charge is -2.08. The summed E-state index contributed by atoms with van der Waals surface area (Å²) in [5, 5.41) is 9.43. The molecule has 1 unspecified atom stereocenters. The van der Waals surface area contributed by atoms with Crippen molar-refractivity contribution in [3.8, 4) is 0 Å². The van der Waals surface area contributed by atoms with Gasteiger partial charge in [0.05, 0.1) is 0 Å². The molecule has 0 fully saturated rings. The number of carbonyl (C=O) groups is 1. The summed E-state index contributed by atoms with van der Waals surface area (Å²) in [6.45, 7) is 1.02. The molecule has 0 aromatic carbocycles. The SMILES string of the molecule is NCCNCCC(C(=O)O)S(=O)(=O)O. The highest BCUT2D eigenvalue weighted by molar-refractivity contribution is 7.87. The second kappa shape index (κ2) is 5.91. The highest BCUT2D eigenvalue weighted by atomic mass is 32.2. The molecule has 7 nitrogen and oxygen atoms in total. The molecule has 14 heavy (non-hydrogen) atoms. The van der Waals surface area contributed by atoms with E-state index in [9.17, 15) is 13.2 Å². The first-order valence-electron chi connectivity index (χ1n) is 3.99. The molecule has 0 aromatic rings. The van der Waals surface area contributed by atoms with E-state index in [-0.39, 0.29) is 13.0 Å². The van der Waals surface area contributed by atoms with Crippen molar-refractivity contribution in [3.05, 3.63) is 0 Å². The van der Waals surface area contributed by atoms with E-state index in [1.165, 1.54) is 0 Å². The molecular weight excluding hydrogens is 212 g/mol. The van der Waals surface area contributed by atoms with Gasteiger partial charge in [0.2, 0.25) is 0 Å². The minimum Gasteiger partial charge on any atom is -0.480 e. The summed E-state index contributed by atoms with van der Waals surface area (Å²) in [6.07, 6.45) is -0.186. The lowest BCUT2D eigenvalue weighted by Crippen LogP contribution is -2.34. The zero-order chi connectivity index (χ0) is 11.2. The molecule has 0 spiro atoms. The van der Waals surface area contributed by atoms with Crippen molar-refractivity contribution in [2.75, 3.05) is 19.6 Å². The van der Waals surface area contributed by atoms with Crippen molar-refractivity contribution in [2.24, 2.45) is 5.73 Å². The Morgan fingerprint density at radius 2 is 2.00 bits per heavy atom. The third kappa shape index (κ3) is 5.12. The van der Waals surface area contributed by atoms with Gasteiger partial charge in [-0.25, -0.2) is 0 Å². The van der Waals surface area contributed by atoms with Gasteiger partial charge in [0.1, 0.15) is 0 Å². The maximum Gasteiger partial charge on any atom is 0.324 e. The van der Waals surface area contributed by atoms with Gasteiger partial charge in [-0.3, -0.25) is 9.35 Å². The molecule has 0 heterocycles. The molecule has 0 aliphatic carbocycles. The van der Waals surface area contributed by atoms with Crippen molar-refractivity contribution in [2.45, 2.75) is 11.7 Å². The minimum absolute atomic E-state index is 0.175. The molecule has 0 saturated carbocycles. The van der Waals surface area contributed by atoms with Gasteiger partial charge in [0.15, 0.2) is 5.25 Å². The van der Waals surface area contributed by atoms with Gasteiger partial charge in [0, 0.05) is 13.1 Å². The number of aliphatic carboxylic acids is 1. The van der Waals surface area contributed by atoms with E-state index in [0.717, 1.165) is 0 Å². The van der Waals surface area contributed by atoms with E-state index < -0.39 is 21.3 Å². The summed E-state index contributed by atoms with van der Waals surface area (Å²) in [7, 11) is -4.52. The summed E-state index contributed by atoms with van der Waals surface area (Å²) in [6, 6.07) is 0. The molecule has 84 valence electrons. The molecule has 5 N–H and O–H groups in total. The van der Waals surface area contributed by atoms with E-state index in [2.05, 4.69) is 5.32 Å². The molecule has 0 aliphatic rings. The Labute approximate surface area is 82.0 Å². The fraction of sp³-hybridized carbons (Fsp3) is 0.833.